The van der Waals surface area contributed by atoms with Crippen molar-refractivity contribution in [3.05, 3.63) is 134 Å². The van der Waals surface area contributed by atoms with Crippen LogP contribution < -0.4 is 4.74 Å². The Morgan fingerprint density at radius 1 is 0.559 bits per heavy atom. The first kappa shape index (κ1) is 23.5. The molecule has 4 aromatic rings. The molecule has 0 aliphatic carbocycles. The van der Waals surface area contributed by atoms with Gasteiger partial charge in [0.2, 0.25) is 0 Å². The van der Waals surface area contributed by atoms with Gasteiger partial charge in [-0.25, -0.2) is 4.79 Å². The van der Waals surface area contributed by atoms with E-state index in [2.05, 4.69) is 23.7 Å². The summed E-state index contributed by atoms with van der Waals surface area (Å²) in [5, 5.41) is 0.724. The quantitative estimate of drug-likeness (QED) is 0.122. The van der Waals surface area contributed by atoms with Crippen molar-refractivity contribution in [1.29, 1.82) is 0 Å². The lowest BCUT2D eigenvalue weighted by atomic mass is 10.1. The van der Waals surface area contributed by atoms with E-state index in [0.29, 0.717) is 5.56 Å². The molecule has 0 saturated heterocycles. The van der Waals surface area contributed by atoms with Crippen LogP contribution in [0.1, 0.15) is 32.6 Å². The second-order valence-corrected chi connectivity index (χ2v) is 8.33. The standard InChI is InChI=1S/C29H15Cl3O2/c30-25-18-27(32)28(19-26(25)31)34-29(33)24-16-14-23(15-17-24)13-12-22-10-8-21(9-11-22)7-6-20-4-2-1-3-5-20/h1-5,8-11,14-19H. The summed E-state index contributed by atoms with van der Waals surface area (Å²) < 4.78 is 5.33. The Labute approximate surface area is 213 Å². The van der Waals surface area contributed by atoms with E-state index in [4.69, 9.17) is 39.5 Å². The minimum atomic E-state index is -0.563. The second-order valence-electron chi connectivity index (χ2n) is 7.11. The van der Waals surface area contributed by atoms with Crippen LogP contribution in [0.2, 0.25) is 15.1 Å². The predicted octanol–water partition coefficient (Wildman–Crippen LogP) is 7.67. The van der Waals surface area contributed by atoms with Crippen molar-refractivity contribution in [2.75, 3.05) is 0 Å². The van der Waals surface area contributed by atoms with Gasteiger partial charge in [-0.05, 0) is 66.7 Å². The zero-order chi connectivity index (χ0) is 23.9. The lowest BCUT2D eigenvalue weighted by Crippen LogP contribution is -2.08. The first-order chi connectivity index (χ1) is 16.5. The number of hydrogen-bond acceptors (Lipinski definition) is 2. The van der Waals surface area contributed by atoms with Crippen molar-refractivity contribution >= 4 is 40.8 Å². The maximum absolute atomic E-state index is 12.4. The molecular weight excluding hydrogens is 487 g/mol. The number of halogens is 3. The molecule has 0 spiro atoms. The van der Waals surface area contributed by atoms with Gasteiger partial charge in [0.1, 0.15) is 0 Å². The molecule has 0 aromatic heterocycles. The molecule has 164 valence electrons. The molecule has 0 fully saturated rings. The average molecular weight is 502 g/mol. The highest BCUT2D eigenvalue weighted by Crippen LogP contribution is 2.34. The van der Waals surface area contributed by atoms with E-state index in [1.54, 1.807) is 24.3 Å². The Hall–Kier alpha value is -3.66. The molecule has 0 atom stereocenters. The Balaban J connectivity index is 1.41. The van der Waals surface area contributed by atoms with Crippen LogP contribution in [0, 0.1) is 23.7 Å². The van der Waals surface area contributed by atoms with Gasteiger partial charge in [-0.3, -0.25) is 0 Å². The number of hydrogen-bond donors (Lipinski definition) is 0. The Morgan fingerprint density at radius 3 is 1.53 bits per heavy atom. The van der Waals surface area contributed by atoms with Crippen LogP contribution in [0.25, 0.3) is 0 Å². The van der Waals surface area contributed by atoms with Gasteiger partial charge in [-0.1, -0.05) is 76.7 Å². The third kappa shape index (κ3) is 6.22. The van der Waals surface area contributed by atoms with Gasteiger partial charge in [0.15, 0.2) is 5.75 Å². The van der Waals surface area contributed by atoms with Gasteiger partial charge in [0.05, 0.1) is 20.6 Å². The fraction of sp³-hybridized carbons (Fsp3) is 0. The largest absolute Gasteiger partial charge is 0.421 e. The van der Waals surface area contributed by atoms with E-state index in [9.17, 15) is 4.79 Å². The van der Waals surface area contributed by atoms with Crippen molar-refractivity contribution in [2.45, 2.75) is 0 Å². The van der Waals surface area contributed by atoms with Crippen LogP contribution in [0.3, 0.4) is 0 Å². The molecule has 4 aromatic carbocycles. The summed E-state index contributed by atoms with van der Waals surface area (Å²) in [6, 6.07) is 27.2. The summed E-state index contributed by atoms with van der Waals surface area (Å²) in [4.78, 5) is 12.4. The molecular formula is C29H15Cl3O2. The van der Waals surface area contributed by atoms with E-state index >= 15 is 0 Å². The summed E-state index contributed by atoms with van der Waals surface area (Å²) in [7, 11) is 0. The average Bonchev–Trinajstić information content (AvgIpc) is 2.86. The Bertz CT molecular complexity index is 1450. The molecule has 0 unspecified atom stereocenters. The van der Waals surface area contributed by atoms with Crippen molar-refractivity contribution in [3.63, 3.8) is 0 Å². The van der Waals surface area contributed by atoms with Gasteiger partial charge in [0.25, 0.3) is 0 Å². The Kier molecular flexibility index (Phi) is 7.58. The van der Waals surface area contributed by atoms with Crippen LogP contribution in [-0.2, 0) is 0 Å². The molecule has 0 aliphatic heterocycles. The fourth-order valence-electron chi connectivity index (χ4n) is 2.88. The highest BCUT2D eigenvalue weighted by Gasteiger charge is 2.13. The SMILES string of the molecule is O=C(Oc1cc(Cl)c(Cl)cc1Cl)c1ccc(C#Cc2ccc(C#Cc3ccccc3)cc2)cc1. The zero-order valence-corrected chi connectivity index (χ0v) is 19.9. The lowest BCUT2D eigenvalue weighted by Gasteiger charge is -2.07. The van der Waals surface area contributed by atoms with Gasteiger partial charge in [-0.15, -0.1) is 0 Å². The molecule has 0 radical (unpaired) electrons. The third-order valence-corrected chi connectivity index (χ3v) is 5.68. The highest BCUT2D eigenvalue weighted by molar-refractivity contribution is 6.43. The fourth-order valence-corrected chi connectivity index (χ4v) is 3.45. The number of carbonyl (C=O) groups excluding carboxylic acids is 1. The summed E-state index contributed by atoms with van der Waals surface area (Å²) >= 11 is 17.9. The van der Waals surface area contributed by atoms with Crippen molar-refractivity contribution in [1.82, 2.24) is 0 Å². The molecule has 0 N–H and O–H groups in total. The van der Waals surface area contributed by atoms with Crippen LogP contribution in [0.4, 0.5) is 0 Å². The summed E-state index contributed by atoms with van der Waals surface area (Å²) in [5.41, 5.74) is 3.87. The number of esters is 1. The van der Waals surface area contributed by atoms with Crippen LogP contribution in [-0.4, -0.2) is 5.97 Å². The highest BCUT2D eigenvalue weighted by atomic mass is 35.5. The minimum absolute atomic E-state index is 0.141. The van der Waals surface area contributed by atoms with Gasteiger partial charge in [-0.2, -0.15) is 0 Å². The van der Waals surface area contributed by atoms with E-state index < -0.39 is 5.97 Å². The van der Waals surface area contributed by atoms with Gasteiger partial charge < -0.3 is 4.74 Å². The van der Waals surface area contributed by atoms with Crippen LogP contribution in [0.15, 0.2) is 91.0 Å². The Morgan fingerprint density at radius 2 is 1.00 bits per heavy atom. The molecule has 0 bridgehead atoms. The number of ether oxygens (including phenoxy) is 1. The van der Waals surface area contributed by atoms with Crippen molar-refractivity contribution in [2.24, 2.45) is 0 Å². The molecule has 2 nitrogen and oxygen atoms in total. The van der Waals surface area contributed by atoms with E-state index in [-0.39, 0.29) is 20.8 Å². The normalized spacial score (nSPS) is 9.85. The zero-order valence-electron chi connectivity index (χ0n) is 17.6. The van der Waals surface area contributed by atoms with Gasteiger partial charge in [0, 0.05) is 28.3 Å². The van der Waals surface area contributed by atoms with Gasteiger partial charge >= 0.3 is 5.97 Å². The van der Waals surface area contributed by atoms with E-state index in [1.165, 1.54) is 12.1 Å². The number of benzene rings is 4. The topological polar surface area (TPSA) is 26.3 Å². The monoisotopic (exact) mass is 500 g/mol. The molecule has 0 saturated carbocycles. The summed E-state index contributed by atoms with van der Waals surface area (Å²) in [6.07, 6.45) is 0. The van der Waals surface area contributed by atoms with E-state index in [0.717, 1.165) is 22.3 Å². The third-order valence-electron chi connectivity index (χ3n) is 4.66. The molecule has 0 amide bonds. The number of carbonyl (C=O) groups is 1. The number of rotatable bonds is 2. The molecule has 0 heterocycles. The predicted molar refractivity (Wildman–Crippen MR) is 138 cm³/mol. The first-order valence-corrected chi connectivity index (χ1v) is 11.3. The van der Waals surface area contributed by atoms with Crippen LogP contribution >= 0.6 is 34.8 Å². The smallest absolute Gasteiger partial charge is 0.343 e. The summed E-state index contributed by atoms with van der Waals surface area (Å²) in [5.74, 6) is 12.0. The molecule has 0 aliphatic rings. The molecule has 5 heteroatoms. The van der Waals surface area contributed by atoms with Crippen LogP contribution in [0.5, 0.6) is 5.75 Å². The van der Waals surface area contributed by atoms with Crippen molar-refractivity contribution < 1.29 is 9.53 Å². The second kappa shape index (κ2) is 11.0. The minimum Gasteiger partial charge on any atom is -0.421 e. The van der Waals surface area contributed by atoms with Crippen molar-refractivity contribution in [3.8, 4) is 29.4 Å². The molecule has 4 rings (SSSR count). The molecule has 34 heavy (non-hydrogen) atoms. The lowest BCUT2D eigenvalue weighted by molar-refractivity contribution is 0.0735. The van der Waals surface area contributed by atoms with E-state index in [1.807, 2.05) is 54.6 Å². The first-order valence-electron chi connectivity index (χ1n) is 10.1. The summed E-state index contributed by atoms with van der Waals surface area (Å²) in [6.45, 7) is 0. The maximum atomic E-state index is 12.4. The maximum Gasteiger partial charge on any atom is 0.343 e.